The Morgan fingerprint density at radius 1 is 1.12 bits per heavy atom. The van der Waals surface area contributed by atoms with Crippen LogP contribution in [0.15, 0.2) is 18.3 Å². The number of hydrogen-bond acceptors (Lipinski definition) is 9. The van der Waals surface area contributed by atoms with E-state index in [1.54, 1.807) is 6.07 Å². The van der Waals surface area contributed by atoms with Gasteiger partial charge in [0.1, 0.15) is 0 Å². The number of imidazole rings is 1. The maximum Gasteiger partial charge on any atom is 0.275 e. The van der Waals surface area contributed by atoms with Gasteiger partial charge in [0.05, 0.1) is 40.3 Å². The van der Waals surface area contributed by atoms with Gasteiger partial charge in [-0.3, -0.25) is 4.90 Å². The molecule has 11 nitrogen and oxygen atoms in total. The van der Waals surface area contributed by atoms with Crippen molar-refractivity contribution in [3.63, 3.8) is 0 Å². The number of halogens is 1. The number of aliphatic hydroxyl groups excluding tert-OH is 1. The lowest BCUT2D eigenvalue weighted by Gasteiger charge is -2.42. The van der Waals surface area contributed by atoms with Gasteiger partial charge in [0.2, 0.25) is 0 Å². The Bertz CT molecular complexity index is 1540. The summed E-state index contributed by atoms with van der Waals surface area (Å²) in [7, 11) is 0. The standard InChI is InChI=1S/C28H31ClN10O/c1-31-24-14-32-27-26(33-18-5-6-18)35-28(36-39(24)27)34-19-11-16(13-30)12-22(25(19)29)37-9-8-20-17(15-37)7-10-38(20)21-3-2-4-23(21)40/h11-12,14,17-18,20-21,23,40H,2-10,15H2,(H2,33,34,35,36)/t17-,20+,21+,23+/m1/s1. The molecule has 1 aromatic carbocycles. The molecule has 4 atom stereocenters. The summed E-state index contributed by atoms with van der Waals surface area (Å²) < 4.78 is 1.48. The van der Waals surface area contributed by atoms with E-state index in [1.807, 2.05) is 6.07 Å². The molecule has 3 N–H and O–H groups in total. The van der Waals surface area contributed by atoms with Gasteiger partial charge in [0.25, 0.3) is 17.4 Å². The van der Waals surface area contributed by atoms with Gasteiger partial charge in [0, 0.05) is 31.2 Å². The molecule has 2 aromatic heterocycles. The molecule has 4 heterocycles. The highest BCUT2D eigenvalue weighted by atomic mass is 35.5. The number of aliphatic hydroxyl groups is 1. The molecule has 2 aliphatic heterocycles. The number of aromatic nitrogens is 4. The molecule has 2 aliphatic carbocycles. The molecule has 0 unspecified atom stereocenters. The van der Waals surface area contributed by atoms with Crippen LogP contribution in [0.2, 0.25) is 5.02 Å². The summed E-state index contributed by atoms with van der Waals surface area (Å²) in [6.45, 7) is 10.2. The van der Waals surface area contributed by atoms with E-state index < -0.39 is 0 Å². The average molecular weight is 559 g/mol. The number of piperidine rings is 1. The first kappa shape index (κ1) is 25.3. The van der Waals surface area contributed by atoms with Crippen molar-refractivity contribution in [2.45, 2.75) is 69.2 Å². The maximum atomic E-state index is 10.5. The summed E-state index contributed by atoms with van der Waals surface area (Å²) in [6.07, 6.45) is 8.60. The first-order valence-electron chi connectivity index (χ1n) is 14.1. The zero-order valence-electron chi connectivity index (χ0n) is 22.1. The van der Waals surface area contributed by atoms with Crippen LogP contribution in [0.3, 0.4) is 0 Å². The summed E-state index contributed by atoms with van der Waals surface area (Å²) in [5.74, 6) is 1.61. The van der Waals surface area contributed by atoms with Gasteiger partial charge in [0.15, 0.2) is 5.82 Å². The van der Waals surface area contributed by atoms with Gasteiger partial charge in [-0.2, -0.15) is 10.2 Å². The molecule has 0 bridgehead atoms. The highest BCUT2D eigenvalue weighted by molar-refractivity contribution is 6.36. The van der Waals surface area contributed by atoms with Crippen LogP contribution in [0, 0.1) is 23.8 Å². The molecule has 0 amide bonds. The highest BCUT2D eigenvalue weighted by Crippen LogP contribution is 2.42. The number of anilines is 4. The molecule has 40 heavy (non-hydrogen) atoms. The monoisotopic (exact) mass is 558 g/mol. The van der Waals surface area contributed by atoms with Crippen molar-refractivity contribution < 1.29 is 5.11 Å². The lowest BCUT2D eigenvalue weighted by molar-refractivity contribution is 0.0521. The predicted octanol–water partition coefficient (Wildman–Crippen LogP) is 4.33. The van der Waals surface area contributed by atoms with E-state index in [4.69, 9.17) is 18.2 Å². The number of likely N-dealkylation sites (tertiary alicyclic amines) is 1. The number of nitriles is 1. The zero-order chi connectivity index (χ0) is 27.4. The number of fused-ring (bicyclic) bond motifs is 2. The number of benzene rings is 1. The summed E-state index contributed by atoms with van der Waals surface area (Å²) in [5, 5.41) is 32.0. The first-order chi connectivity index (χ1) is 19.5. The minimum atomic E-state index is -0.207. The van der Waals surface area contributed by atoms with Crippen molar-refractivity contribution in [1.29, 1.82) is 5.26 Å². The Balaban J connectivity index is 1.17. The third kappa shape index (κ3) is 4.48. The van der Waals surface area contributed by atoms with Crippen LogP contribution in [0.1, 0.15) is 50.5 Å². The minimum Gasteiger partial charge on any atom is -0.391 e. The molecule has 7 rings (SSSR count). The Kier molecular flexibility index (Phi) is 6.38. The summed E-state index contributed by atoms with van der Waals surface area (Å²) in [4.78, 5) is 17.4. The third-order valence-electron chi connectivity index (χ3n) is 8.89. The largest absolute Gasteiger partial charge is 0.391 e. The van der Waals surface area contributed by atoms with Crippen LogP contribution in [-0.4, -0.2) is 73.5 Å². The fourth-order valence-electron chi connectivity index (χ4n) is 6.79. The van der Waals surface area contributed by atoms with Crippen molar-refractivity contribution in [2.75, 3.05) is 35.2 Å². The second kappa shape index (κ2) is 10.1. The Labute approximate surface area is 237 Å². The average Bonchev–Trinajstić information content (AvgIpc) is 3.31. The quantitative estimate of drug-likeness (QED) is 0.379. The Morgan fingerprint density at radius 2 is 2.00 bits per heavy atom. The lowest BCUT2D eigenvalue weighted by Crippen LogP contribution is -2.50. The van der Waals surface area contributed by atoms with Gasteiger partial charge < -0.3 is 25.5 Å². The summed E-state index contributed by atoms with van der Waals surface area (Å²) >= 11 is 7.01. The van der Waals surface area contributed by atoms with E-state index in [9.17, 15) is 10.4 Å². The molecule has 0 radical (unpaired) electrons. The summed E-state index contributed by atoms with van der Waals surface area (Å²) in [5.41, 5.74) is 2.36. The predicted molar refractivity (Wildman–Crippen MR) is 152 cm³/mol. The van der Waals surface area contributed by atoms with Gasteiger partial charge in [-0.25, -0.2) is 4.98 Å². The van der Waals surface area contributed by atoms with Crippen molar-refractivity contribution >= 4 is 46.2 Å². The van der Waals surface area contributed by atoms with E-state index in [-0.39, 0.29) is 17.9 Å². The van der Waals surface area contributed by atoms with Crippen molar-refractivity contribution in [3.05, 3.63) is 40.3 Å². The molecule has 4 aliphatic rings. The zero-order valence-corrected chi connectivity index (χ0v) is 22.8. The van der Waals surface area contributed by atoms with E-state index in [1.165, 1.54) is 10.7 Å². The van der Waals surface area contributed by atoms with Crippen LogP contribution < -0.4 is 15.5 Å². The van der Waals surface area contributed by atoms with E-state index in [0.717, 1.165) is 70.3 Å². The van der Waals surface area contributed by atoms with Crippen molar-refractivity contribution in [1.82, 2.24) is 24.5 Å². The molecule has 2 saturated heterocycles. The molecule has 3 aromatic rings. The second-order valence-corrected chi connectivity index (χ2v) is 11.8. The third-order valence-corrected chi connectivity index (χ3v) is 9.29. The number of rotatable bonds is 6. The van der Waals surface area contributed by atoms with Gasteiger partial charge in [-0.1, -0.05) is 23.3 Å². The van der Waals surface area contributed by atoms with E-state index in [2.05, 4.69) is 46.4 Å². The molecule has 0 spiro atoms. The maximum absolute atomic E-state index is 10.5. The smallest absolute Gasteiger partial charge is 0.275 e. The summed E-state index contributed by atoms with van der Waals surface area (Å²) in [6, 6.07) is 6.95. The molecular weight excluding hydrogens is 528 g/mol. The highest BCUT2D eigenvalue weighted by Gasteiger charge is 2.44. The van der Waals surface area contributed by atoms with E-state index in [0.29, 0.717) is 51.8 Å². The van der Waals surface area contributed by atoms with Crippen LogP contribution in [-0.2, 0) is 0 Å². The fourth-order valence-corrected chi connectivity index (χ4v) is 7.07. The Morgan fingerprint density at radius 3 is 2.75 bits per heavy atom. The second-order valence-electron chi connectivity index (χ2n) is 11.4. The molecule has 12 heteroatoms. The van der Waals surface area contributed by atoms with Gasteiger partial charge >= 0.3 is 0 Å². The number of nitrogens with one attached hydrogen (secondary N) is 2. The van der Waals surface area contributed by atoms with Crippen LogP contribution in [0.5, 0.6) is 0 Å². The normalized spacial score (nSPS) is 26.4. The molecule has 4 fully saturated rings. The molecule has 2 saturated carbocycles. The lowest BCUT2D eigenvalue weighted by atomic mass is 9.91. The first-order valence-corrected chi connectivity index (χ1v) is 14.5. The van der Waals surface area contributed by atoms with Crippen LogP contribution in [0.4, 0.5) is 29.0 Å². The number of hydrogen-bond donors (Lipinski definition) is 3. The van der Waals surface area contributed by atoms with Crippen LogP contribution >= 0.6 is 11.6 Å². The van der Waals surface area contributed by atoms with Gasteiger partial charge in [-0.05, 0) is 69.5 Å². The molecule has 206 valence electrons. The minimum absolute atomic E-state index is 0.207. The van der Waals surface area contributed by atoms with E-state index >= 15 is 0 Å². The number of nitrogens with zero attached hydrogens (tertiary/aromatic N) is 8. The SMILES string of the molecule is [C-]#[N+]c1cnc2c(NC3CC3)nc(Nc3cc(C#N)cc(N4CC[C@H]5[C@H](CCN5[C@H]5CCC[C@@H]5O)C4)c3Cl)nn12. The van der Waals surface area contributed by atoms with Crippen molar-refractivity contribution in [3.8, 4) is 6.07 Å². The van der Waals surface area contributed by atoms with Gasteiger partial charge in [-0.15, -0.1) is 4.52 Å². The molecular formula is C28H31ClN10O. The Hall–Kier alpha value is -3.64. The van der Waals surface area contributed by atoms with Crippen molar-refractivity contribution in [2.24, 2.45) is 5.92 Å². The topological polar surface area (TPSA) is 122 Å². The van der Waals surface area contributed by atoms with Crippen LogP contribution in [0.25, 0.3) is 10.5 Å². The fraction of sp³-hybridized carbons (Fsp3) is 0.536.